The van der Waals surface area contributed by atoms with Crippen LogP contribution in [0.3, 0.4) is 0 Å². The molecule has 5 atom stereocenters. The van der Waals surface area contributed by atoms with E-state index in [1.54, 1.807) is 12.1 Å². The van der Waals surface area contributed by atoms with Crippen LogP contribution >= 0.6 is 23.5 Å². The van der Waals surface area contributed by atoms with Crippen molar-refractivity contribution in [1.82, 2.24) is 23.0 Å². The number of pyridine rings is 1. The third-order valence-electron chi connectivity index (χ3n) is 4.26. The van der Waals surface area contributed by atoms with Gasteiger partial charge in [0, 0.05) is 11.6 Å². The molecule has 2 aromatic rings. The molecule has 2 heterocycles. The molecule has 0 bridgehead atoms. The number of hydrogen-bond donors (Lipinski definition) is 8. The van der Waals surface area contributed by atoms with Gasteiger partial charge in [0.05, 0.1) is 26.1 Å². The molecule has 0 spiro atoms. The molecule has 23 heteroatoms. The van der Waals surface area contributed by atoms with E-state index < -0.39 is 60.2 Å². The molecule has 218 valence electrons. The summed E-state index contributed by atoms with van der Waals surface area (Å²) in [5.41, 5.74) is 0.0365. The van der Waals surface area contributed by atoms with Crippen LogP contribution in [0.25, 0.3) is 10.8 Å². The molecule has 1 aliphatic rings. The maximum atomic E-state index is 12.5. The molecule has 1 unspecified atom stereocenters. The number of phosphoric acid groups is 3. The Morgan fingerprint density at radius 1 is 1.03 bits per heavy atom. The average molecular weight is 611 g/mol. The Morgan fingerprint density at radius 3 is 2.05 bits per heavy atom. The van der Waals surface area contributed by atoms with Crippen molar-refractivity contribution in [2.75, 3.05) is 6.61 Å². The van der Waals surface area contributed by atoms with Gasteiger partial charge in [0.15, 0.2) is 6.23 Å². The Labute approximate surface area is 213 Å². The molecule has 1 fully saturated rings. The van der Waals surface area contributed by atoms with E-state index in [9.17, 15) is 43.4 Å². The molecule has 17 N–H and O–H groups in total. The molecule has 1 aliphatic heterocycles. The summed E-state index contributed by atoms with van der Waals surface area (Å²) < 4.78 is 41.9. The third-order valence-corrected chi connectivity index (χ3v) is 7.51. The normalized spacial score (nSPS) is 22.4. The van der Waals surface area contributed by atoms with Crippen molar-refractivity contribution in [3.05, 3.63) is 46.4 Å². The van der Waals surface area contributed by atoms with Gasteiger partial charge in [-0.3, -0.25) is 18.2 Å². The summed E-state index contributed by atoms with van der Waals surface area (Å²) in [5, 5.41) is 38.7. The van der Waals surface area contributed by atoms with Gasteiger partial charge in [-0.25, -0.2) is 8.88 Å². The highest BCUT2D eigenvalue weighted by atomic mass is 31.3. The van der Waals surface area contributed by atoms with Crippen molar-refractivity contribution < 1.29 is 66.8 Å². The van der Waals surface area contributed by atoms with Gasteiger partial charge in [-0.15, -0.1) is 0 Å². The maximum absolute atomic E-state index is 12.5. The van der Waals surface area contributed by atoms with Crippen molar-refractivity contribution >= 4 is 34.2 Å². The van der Waals surface area contributed by atoms with Crippen LogP contribution < -0.4 is 38.7 Å². The molecule has 1 aromatic carbocycles. The van der Waals surface area contributed by atoms with Crippen LogP contribution in [0.2, 0.25) is 0 Å². The summed E-state index contributed by atoms with van der Waals surface area (Å²) in [6, 6.07) is 8.30. The largest absolute Gasteiger partial charge is 0.790 e. The van der Waals surface area contributed by atoms with Gasteiger partial charge < -0.3 is 67.5 Å². The van der Waals surface area contributed by atoms with Crippen LogP contribution in [-0.4, -0.2) is 54.6 Å². The summed E-state index contributed by atoms with van der Waals surface area (Å²) in [7, 11) is -17.2. The SMILES string of the molecule is N#Cc1ccc2c(=O)n([C@@H]3O[C@H](CO)[C@@H](O)[C@H]3O)ccc2c1.O=P([O-])([O-])OP(=O)([O-])OP(=O)(O)O.[NH4+].[NH4+].[NH4+]. The van der Waals surface area contributed by atoms with Crippen LogP contribution in [0.5, 0.6) is 0 Å². The first-order valence-electron chi connectivity index (χ1n) is 8.97. The Kier molecular flexibility index (Phi) is 14.5. The fraction of sp³-hybridized carbons (Fsp3) is 0.333. The molecule has 3 rings (SSSR count). The number of benzene rings is 1. The molecule has 0 aliphatic carbocycles. The number of quaternary nitrogens is 3. The fourth-order valence-electron chi connectivity index (χ4n) is 2.91. The van der Waals surface area contributed by atoms with Crippen molar-refractivity contribution in [1.29, 1.82) is 5.26 Å². The number of ether oxygens (including phenoxy) is 1. The summed E-state index contributed by atoms with van der Waals surface area (Å²) in [6.45, 7) is -0.456. The number of fused-ring (bicyclic) bond motifs is 1. The summed E-state index contributed by atoms with van der Waals surface area (Å²) in [4.78, 5) is 57.8. The molecule has 0 saturated carbocycles. The van der Waals surface area contributed by atoms with Crippen LogP contribution in [0.15, 0.2) is 35.3 Å². The first-order valence-corrected chi connectivity index (χ1v) is 13.4. The fourth-order valence-corrected chi connectivity index (χ4v) is 5.32. The van der Waals surface area contributed by atoms with Crippen LogP contribution in [0.1, 0.15) is 11.8 Å². The number of hydrogen-bond acceptors (Lipinski definition) is 14. The van der Waals surface area contributed by atoms with Crippen molar-refractivity contribution in [2.24, 2.45) is 0 Å². The summed E-state index contributed by atoms with van der Waals surface area (Å²) in [6.07, 6.45) is -3.15. The van der Waals surface area contributed by atoms with Gasteiger partial charge in [-0.2, -0.15) is 5.26 Å². The van der Waals surface area contributed by atoms with E-state index >= 15 is 0 Å². The third kappa shape index (κ3) is 10.3. The Bertz CT molecular complexity index is 1290. The molecule has 0 amide bonds. The van der Waals surface area contributed by atoms with Gasteiger partial charge in [-0.05, 0) is 29.7 Å². The summed E-state index contributed by atoms with van der Waals surface area (Å²) in [5.74, 6) is 0. The zero-order chi connectivity index (χ0) is 26.8. The van der Waals surface area contributed by atoms with E-state index in [0.717, 1.165) is 0 Å². The second-order valence-electron chi connectivity index (χ2n) is 6.72. The minimum Gasteiger partial charge on any atom is -0.790 e. The van der Waals surface area contributed by atoms with Crippen molar-refractivity contribution in [3.63, 3.8) is 0 Å². The minimum absolute atomic E-state index is 0. The Morgan fingerprint density at radius 2 is 1.61 bits per heavy atom. The highest BCUT2D eigenvalue weighted by Gasteiger charge is 2.43. The Hall–Kier alpha value is -1.95. The molecule has 1 saturated heterocycles. The predicted molar refractivity (Wildman–Crippen MR) is 123 cm³/mol. The average Bonchev–Trinajstić information content (AvgIpc) is 2.99. The lowest BCUT2D eigenvalue weighted by molar-refractivity contribution is -0.339. The lowest BCUT2D eigenvalue weighted by atomic mass is 10.1. The monoisotopic (exact) mass is 611 g/mol. The minimum atomic E-state index is -5.92. The van der Waals surface area contributed by atoms with Crippen LogP contribution in [0, 0.1) is 11.3 Å². The zero-order valence-electron chi connectivity index (χ0n) is 20.0. The van der Waals surface area contributed by atoms with Crippen molar-refractivity contribution in [3.8, 4) is 6.07 Å². The lowest BCUT2D eigenvalue weighted by Gasteiger charge is -2.34. The van der Waals surface area contributed by atoms with E-state index in [-0.39, 0.29) is 18.5 Å². The first-order chi connectivity index (χ1) is 16.0. The molecular formula is C15H28N5O15P3. The number of nitrogens with zero attached hydrogens (tertiary/aromatic N) is 2. The zero-order valence-corrected chi connectivity index (χ0v) is 22.6. The second kappa shape index (κ2) is 14.4. The van der Waals surface area contributed by atoms with Crippen molar-refractivity contribution in [2.45, 2.75) is 24.5 Å². The van der Waals surface area contributed by atoms with Gasteiger partial charge in [0.25, 0.3) is 13.4 Å². The molecule has 1 aromatic heterocycles. The number of aromatic nitrogens is 1. The molecule has 0 radical (unpaired) electrons. The predicted octanol–water partition coefficient (Wildman–Crippen LogP) is -1.98. The van der Waals surface area contributed by atoms with Gasteiger partial charge >= 0.3 is 7.82 Å². The standard InChI is InChI=1S/C15H14N2O5.3H3N.H5O10P3/c16-6-8-1-2-10-9(5-8)3-4-17(14(10)21)15-13(20)12(19)11(7-18)22-15;;;;1-11(2,3)9-13(7,8)10-12(4,5)6/h1-5,11-13,15,18-20H,7H2;3*1H3;(H,7,8)(H2,1,2,3)(H2,4,5,6)/t11-,12-,13-,15-;;;;/m1..../s1. The topological polar surface area (TPSA) is 405 Å². The smallest absolute Gasteiger partial charge is 0.476 e. The molecular weight excluding hydrogens is 583 g/mol. The second-order valence-corrected chi connectivity index (χ2v) is 10.8. The number of aliphatic hydroxyl groups is 3. The molecule has 38 heavy (non-hydrogen) atoms. The van der Waals surface area contributed by atoms with Gasteiger partial charge in [0.1, 0.15) is 18.3 Å². The summed E-state index contributed by atoms with van der Waals surface area (Å²) >= 11 is 0. The Balaban J connectivity index is 0. The first kappa shape index (κ1) is 38.2. The number of rotatable bonds is 6. The van der Waals surface area contributed by atoms with E-state index in [0.29, 0.717) is 16.3 Å². The highest BCUT2D eigenvalue weighted by molar-refractivity contribution is 7.65. The van der Waals surface area contributed by atoms with E-state index in [2.05, 4.69) is 8.62 Å². The van der Waals surface area contributed by atoms with Gasteiger partial charge in [-0.1, -0.05) is 0 Å². The lowest BCUT2D eigenvalue weighted by Crippen LogP contribution is -2.35. The maximum Gasteiger partial charge on any atom is 0.476 e. The quantitative estimate of drug-likeness (QED) is 0.164. The van der Waals surface area contributed by atoms with Crippen LogP contribution in [-0.2, 0) is 27.1 Å². The number of aliphatic hydroxyl groups excluding tert-OH is 3. The molecule has 20 nitrogen and oxygen atoms in total. The van der Waals surface area contributed by atoms with Gasteiger partial charge in [0.2, 0.25) is 0 Å². The highest BCUT2D eigenvalue weighted by Crippen LogP contribution is 2.59. The van der Waals surface area contributed by atoms with Crippen LogP contribution in [0.4, 0.5) is 0 Å². The van der Waals surface area contributed by atoms with E-state index in [1.165, 1.54) is 22.9 Å². The number of nitriles is 1. The van der Waals surface area contributed by atoms with E-state index in [1.807, 2.05) is 6.07 Å². The van der Waals surface area contributed by atoms with E-state index in [4.69, 9.17) is 24.9 Å².